The first-order valence-electron chi connectivity index (χ1n) is 6.00. The molecule has 1 amide bonds. The summed E-state index contributed by atoms with van der Waals surface area (Å²) in [6, 6.07) is 9.86. The number of benzene rings is 1. The fraction of sp³-hybridized carbons (Fsp3) is 0.286. The average Bonchev–Trinajstić information content (AvgIpc) is 2.78. The Labute approximate surface area is 106 Å². The van der Waals surface area contributed by atoms with Gasteiger partial charge in [-0.1, -0.05) is 24.3 Å². The zero-order chi connectivity index (χ0) is 13.1. The Morgan fingerprint density at radius 1 is 1.33 bits per heavy atom. The lowest BCUT2D eigenvalue weighted by atomic mass is 10.1. The van der Waals surface area contributed by atoms with Crippen molar-refractivity contribution in [1.29, 1.82) is 0 Å². The number of hydrogen-bond acceptors (Lipinski definition) is 2. The van der Waals surface area contributed by atoms with Gasteiger partial charge in [-0.25, -0.2) is 0 Å². The van der Waals surface area contributed by atoms with Crippen molar-refractivity contribution < 1.29 is 4.79 Å². The summed E-state index contributed by atoms with van der Waals surface area (Å²) in [6.45, 7) is 5.88. The van der Waals surface area contributed by atoms with Gasteiger partial charge in [0.25, 0.3) is 5.91 Å². The summed E-state index contributed by atoms with van der Waals surface area (Å²) >= 11 is 0. The van der Waals surface area contributed by atoms with Gasteiger partial charge in [0.05, 0.1) is 5.69 Å². The van der Waals surface area contributed by atoms with Gasteiger partial charge in [0, 0.05) is 11.6 Å². The van der Waals surface area contributed by atoms with Gasteiger partial charge >= 0.3 is 0 Å². The Morgan fingerprint density at radius 2 is 2.06 bits per heavy atom. The van der Waals surface area contributed by atoms with Gasteiger partial charge in [-0.3, -0.25) is 9.89 Å². The number of hydrogen-bond donors (Lipinski definition) is 2. The largest absolute Gasteiger partial charge is 0.349 e. The minimum Gasteiger partial charge on any atom is -0.349 e. The van der Waals surface area contributed by atoms with Crippen molar-refractivity contribution in [3.05, 3.63) is 41.6 Å². The minimum atomic E-state index is -0.127. The standard InChI is InChI=1S/C14H17N3O/c1-9(2)15-14(18)13-8-12(16-17-13)11-7-5-4-6-10(11)3/h4-9H,1-3H3,(H,15,18)(H,16,17). The SMILES string of the molecule is Cc1ccccc1-c1cc(C(=O)NC(C)C)[nH]n1. The fourth-order valence-electron chi connectivity index (χ4n) is 1.78. The Morgan fingerprint density at radius 3 is 2.72 bits per heavy atom. The van der Waals surface area contributed by atoms with Crippen LogP contribution in [-0.2, 0) is 0 Å². The van der Waals surface area contributed by atoms with Gasteiger partial charge in [0.1, 0.15) is 5.69 Å². The predicted molar refractivity (Wildman–Crippen MR) is 71.4 cm³/mol. The third-order valence-electron chi connectivity index (χ3n) is 2.66. The third kappa shape index (κ3) is 2.59. The monoisotopic (exact) mass is 243 g/mol. The first-order chi connectivity index (χ1) is 8.58. The quantitative estimate of drug-likeness (QED) is 0.870. The van der Waals surface area contributed by atoms with E-state index in [0.717, 1.165) is 16.8 Å². The first-order valence-corrected chi connectivity index (χ1v) is 6.00. The molecule has 0 saturated heterocycles. The van der Waals surface area contributed by atoms with Crippen LogP contribution in [0.3, 0.4) is 0 Å². The van der Waals surface area contributed by atoms with Gasteiger partial charge in [0.2, 0.25) is 0 Å². The van der Waals surface area contributed by atoms with Crippen molar-refractivity contribution in [3.8, 4) is 11.3 Å². The second-order valence-corrected chi connectivity index (χ2v) is 4.61. The molecule has 2 rings (SSSR count). The number of aromatic amines is 1. The number of aromatic nitrogens is 2. The van der Waals surface area contributed by atoms with Gasteiger partial charge in [0.15, 0.2) is 0 Å². The predicted octanol–water partition coefficient (Wildman–Crippen LogP) is 2.52. The molecule has 0 aliphatic carbocycles. The lowest BCUT2D eigenvalue weighted by molar-refractivity contribution is 0.0938. The van der Waals surface area contributed by atoms with Crippen LogP contribution in [0.5, 0.6) is 0 Å². The summed E-state index contributed by atoms with van der Waals surface area (Å²) in [4.78, 5) is 11.8. The maximum absolute atomic E-state index is 11.8. The maximum Gasteiger partial charge on any atom is 0.269 e. The Bertz CT molecular complexity index is 558. The molecule has 2 aromatic rings. The number of aryl methyl sites for hydroxylation is 1. The van der Waals surface area contributed by atoms with E-state index in [9.17, 15) is 4.79 Å². The van der Waals surface area contributed by atoms with Crippen LogP contribution in [-0.4, -0.2) is 22.1 Å². The molecule has 0 aliphatic rings. The smallest absolute Gasteiger partial charge is 0.269 e. The summed E-state index contributed by atoms with van der Waals surface area (Å²) in [7, 11) is 0. The van der Waals surface area contributed by atoms with E-state index in [0.29, 0.717) is 5.69 Å². The van der Waals surface area contributed by atoms with Crippen LogP contribution in [0.4, 0.5) is 0 Å². The molecule has 0 bridgehead atoms. The molecule has 0 radical (unpaired) electrons. The highest BCUT2D eigenvalue weighted by atomic mass is 16.2. The molecule has 0 unspecified atom stereocenters. The highest BCUT2D eigenvalue weighted by molar-refractivity contribution is 5.93. The van der Waals surface area contributed by atoms with Crippen molar-refractivity contribution in [3.63, 3.8) is 0 Å². The third-order valence-corrected chi connectivity index (χ3v) is 2.66. The van der Waals surface area contributed by atoms with Crippen LogP contribution < -0.4 is 5.32 Å². The number of nitrogens with one attached hydrogen (secondary N) is 2. The fourth-order valence-corrected chi connectivity index (χ4v) is 1.78. The Hall–Kier alpha value is -2.10. The topological polar surface area (TPSA) is 57.8 Å². The van der Waals surface area contributed by atoms with Crippen molar-refractivity contribution in [2.75, 3.05) is 0 Å². The number of H-pyrrole nitrogens is 1. The normalized spacial score (nSPS) is 10.7. The molecule has 0 fully saturated rings. The lowest BCUT2D eigenvalue weighted by Crippen LogP contribution is -2.30. The zero-order valence-corrected chi connectivity index (χ0v) is 10.8. The van der Waals surface area contributed by atoms with E-state index in [1.807, 2.05) is 45.0 Å². The van der Waals surface area contributed by atoms with E-state index in [1.54, 1.807) is 6.07 Å². The average molecular weight is 243 g/mol. The molecule has 4 nitrogen and oxygen atoms in total. The van der Waals surface area contributed by atoms with Gasteiger partial charge in [-0.05, 0) is 32.4 Å². The second kappa shape index (κ2) is 5.04. The van der Waals surface area contributed by atoms with E-state index >= 15 is 0 Å². The molecule has 0 spiro atoms. The van der Waals surface area contributed by atoms with E-state index in [1.165, 1.54) is 0 Å². The highest BCUT2D eigenvalue weighted by Gasteiger charge is 2.12. The summed E-state index contributed by atoms with van der Waals surface area (Å²) in [5, 5.41) is 9.79. The summed E-state index contributed by atoms with van der Waals surface area (Å²) in [5.74, 6) is -0.127. The van der Waals surface area contributed by atoms with Gasteiger partial charge in [-0.2, -0.15) is 5.10 Å². The Kier molecular flexibility index (Phi) is 3.46. The number of rotatable bonds is 3. The molecule has 0 saturated carbocycles. The van der Waals surface area contributed by atoms with Crippen LogP contribution in [0, 0.1) is 6.92 Å². The molecular weight excluding hydrogens is 226 g/mol. The van der Waals surface area contributed by atoms with E-state index < -0.39 is 0 Å². The van der Waals surface area contributed by atoms with Crippen molar-refractivity contribution in [2.45, 2.75) is 26.8 Å². The molecule has 1 aromatic carbocycles. The van der Waals surface area contributed by atoms with Crippen LogP contribution >= 0.6 is 0 Å². The lowest BCUT2D eigenvalue weighted by Gasteiger charge is -2.05. The Balaban J connectivity index is 2.26. The summed E-state index contributed by atoms with van der Waals surface area (Å²) < 4.78 is 0. The molecule has 1 aromatic heterocycles. The van der Waals surface area contributed by atoms with Gasteiger partial charge < -0.3 is 5.32 Å². The molecule has 4 heteroatoms. The molecule has 1 heterocycles. The van der Waals surface area contributed by atoms with Crippen LogP contribution in [0.2, 0.25) is 0 Å². The minimum absolute atomic E-state index is 0.114. The number of nitrogens with zero attached hydrogens (tertiary/aromatic N) is 1. The maximum atomic E-state index is 11.8. The van der Waals surface area contributed by atoms with Crippen molar-refractivity contribution in [2.24, 2.45) is 0 Å². The summed E-state index contributed by atoms with van der Waals surface area (Å²) in [6.07, 6.45) is 0. The molecule has 0 atom stereocenters. The number of amides is 1. The molecule has 94 valence electrons. The molecule has 0 aliphatic heterocycles. The zero-order valence-electron chi connectivity index (χ0n) is 10.8. The molecular formula is C14H17N3O. The first kappa shape index (κ1) is 12.4. The number of carbonyl (C=O) groups is 1. The van der Waals surface area contributed by atoms with E-state index in [4.69, 9.17) is 0 Å². The van der Waals surface area contributed by atoms with Crippen LogP contribution in [0.1, 0.15) is 29.9 Å². The van der Waals surface area contributed by atoms with Crippen molar-refractivity contribution in [1.82, 2.24) is 15.5 Å². The second-order valence-electron chi connectivity index (χ2n) is 4.61. The number of carbonyl (C=O) groups excluding carboxylic acids is 1. The highest BCUT2D eigenvalue weighted by Crippen LogP contribution is 2.21. The van der Waals surface area contributed by atoms with E-state index in [2.05, 4.69) is 15.5 Å². The van der Waals surface area contributed by atoms with Gasteiger partial charge in [-0.15, -0.1) is 0 Å². The molecule has 2 N–H and O–H groups in total. The van der Waals surface area contributed by atoms with Crippen molar-refractivity contribution >= 4 is 5.91 Å². The van der Waals surface area contributed by atoms with E-state index in [-0.39, 0.29) is 11.9 Å². The summed E-state index contributed by atoms with van der Waals surface area (Å²) in [5.41, 5.74) is 3.46. The molecule has 18 heavy (non-hydrogen) atoms. The van der Waals surface area contributed by atoms with Crippen LogP contribution in [0.15, 0.2) is 30.3 Å². The van der Waals surface area contributed by atoms with Crippen LogP contribution in [0.25, 0.3) is 11.3 Å².